The Balaban J connectivity index is 2.45. The second-order valence-electron chi connectivity index (χ2n) is 8.73. The number of rotatable bonds is 9. The Morgan fingerprint density at radius 1 is 0.967 bits per heavy atom. The molecule has 0 atom stereocenters. The van der Waals surface area contributed by atoms with Crippen LogP contribution < -0.4 is 10.1 Å². The van der Waals surface area contributed by atoms with E-state index in [4.69, 9.17) is 14.2 Å². The molecule has 30 heavy (non-hydrogen) atoms. The maximum atomic E-state index is 12.3. The lowest BCUT2D eigenvalue weighted by Gasteiger charge is -2.19. The highest BCUT2D eigenvalue weighted by Crippen LogP contribution is 2.34. The van der Waals surface area contributed by atoms with Crippen LogP contribution in [-0.2, 0) is 19.1 Å². The third kappa shape index (κ3) is 9.29. The van der Waals surface area contributed by atoms with Gasteiger partial charge in [0.05, 0.1) is 6.61 Å². The van der Waals surface area contributed by atoms with Crippen LogP contribution in [0.2, 0.25) is 0 Å². The van der Waals surface area contributed by atoms with E-state index in [0.717, 1.165) is 11.1 Å². The van der Waals surface area contributed by atoms with E-state index < -0.39 is 17.7 Å². The molecule has 0 aromatic heterocycles. The molecule has 0 saturated heterocycles. The van der Waals surface area contributed by atoms with Gasteiger partial charge in [-0.25, -0.2) is 4.79 Å². The van der Waals surface area contributed by atoms with E-state index >= 15 is 0 Å². The Labute approximate surface area is 179 Å². The second kappa shape index (κ2) is 11.6. The van der Waals surface area contributed by atoms with Crippen molar-refractivity contribution in [2.45, 2.75) is 78.7 Å². The monoisotopic (exact) mass is 421 g/mol. The molecule has 0 aliphatic rings. The van der Waals surface area contributed by atoms with Crippen molar-refractivity contribution in [3.05, 3.63) is 29.3 Å². The zero-order valence-electron chi connectivity index (χ0n) is 19.2. The Bertz CT molecular complexity index is 707. The molecule has 1 aromatic carbocycles. The molecule has 1 N–H and O–H groups in total. The topological polar surface area (TPSA) is 90.9 Å². The zero-order valence-corrected chi connectivity index (χ0v) is 19.2. The number of nitrogens with one attached hydrogen (secondary N) is 1. The molecule has 0 aliphatic heterocycles. The number of carbonyl (C=O) groups is 3. The maximum Gasteiger partial charge on any atom is 0.408 e. The van der Waals surface area contributed by atoms with Crippen LogP contribution in [-0.4, -0.2) is 36.8 Å². The molecule has 0 aliphatic carbocycles. The van der Waals surface area contributed by atoms with Crippen LogP contribution in [0.1, 0.15) is 84.3 Å². The van der Waals surface area contributed by atoms with Gasteiger partial charge in [0, 0.05) is 6.42 Å². The summed E-state index contributed by atoms with van der Waals surface area (Å²) in [6.07, 6.45) is -0.234. The summed E-state index contributed by atoms with van der Waals surface area (Å²) in [6.45, 7) is 13.2. The molecule has 0 saturated carbocycles. The molecule has 0 spiro atoms. The molecular formula is C23H35NO6. The molecule has 0 heterocycles. The fourth-order valence-electron chi connectivity index (χ4n) is 2.68. The van der Waals surface area contributed by atoms with Gasteiger partial charge in [-0.2, -0.15) is 0 Å². The number of carbonyl (C=O) groups excluding carboxylic acids is 3. The first-order valence-electron chi connectivity index (χ1n) is 10.4. The molecule has 168 valence electrons. The summed E-state index contributed by atoms with van der Waals surface area (Å²) in [5.41, 5.74) is 1.35. The molecule has 1 aromatic rings. The summed E-state index contributed by atoms with van der Waals surface area (Å²) in [5.74, 6) is 0.121. The highest BCUT2D eigenvalue weighted by atomic mass is 16.6. The molecule has 7 nitrogen and oxygen atoms in total. The van der Waals surface area contributed by atoms with Crippen molar-refractivity contribution in [3.63, 3.8) is 0 Å². The molecule has 7 heteroatoms. The average molecular weight is 422 g/mol. The van der Waals surface area contributed by atoms with Gasteiger partial charge in [-0.1, -0.05) is 45.9 Å². The SMILES string of the molecule is CC(C)c1cccc(C(C)C)c1OC(=O)CCCOC(=O)CNC(=O)OC(C)(C)C. The van der Waals surface area contributed by atoms with Gasteiger partial charge >= 0.3 is 18.0 Å². The van der Waals surface area contributed by atoms with Crippen molar-refractivity contribution in [2.24, 2.45) is 0 Å². The number of esters is 2. The first kappa shape index (κ1) is 25.5. The van der Waals surface area contributed by atoms with E-state index in [0.29, 0.717) is 12.2 Å². The largest absolute Gasteiger partial charge is 0.464 e. The van der Waals surface area contributed by atoms with Crippen molar-refractivity contribution < 1.29 is 28.6 Å². The Morgan fingerprint density at radius 3 is 2.03 bits per heavy atom. The average Bonchev–Trinajstić information content (AvgIpc) is 2.62. The highest BCUT2D eigenvalue weighted by molar-refractivity contribution is 5.78. The van der Waals surface area contributed by atoms with Gasteiger partial charge < -0.3 is 19.5 Å². The van der Waals surface area contributed by atoms with E-state index in [1.165, 1.54) is 0 Å². The maximum absolute atomic E-state index is 12.3. The molecule has 0 fully saturated rings. The van der Waals surface area contributed by atoms with Gasteiger partial charge in [0.1, 0.15) is 17.9 Å². The summed E-state index contributed by atoms with van der Waals surface area (Å²) < 4.78 is 15.7. The van der Waals surface area contributed by atoms with Crippen LogP contribution in [0.4, 0.5) is 4.79 Å². The minimum Gasteiger partial charge on any atom is -0.464 e. The van der Waals surface area contributed by atoms with Gasteiger partial charge in [-0.3, -0.25) is 9.59 Å². The van der Waals surface area contributed by atoms with Gasteiger partial charge in [0.2, 0.25) is 0 Å². The van der Waals surface area contributed by atoms with E-state index in [2.05, 4.69) is 33.0 Å². The predicted molar refractivity (Wildman–Crippen MR) is 115 cm³/mol. The first-order chi connectivity index (χ1) is 13.9. The van der Waals surface area contributed by atoms with E-state index in [-0.39, 0.29) is 37.4 Å². The lowest BCUT2D eigenvalue weighted by atomic mass is 9.94. The summed E-state index contributed by atoms with van der Waals surface area (Å²) in [5, 5.41) is 2.33. The predicted octanol–water partition coefficient (Wildman–Crippen LogP) is 4.69. The number of ether oxygens (including phenoxy) is 3. The summed E-state index contributed by atoms with van der Waals surface area (Å²) in [4.78, 5) is 35.5. The van der Waals surface area contributed by atoms with Crippen molar-refractivity contribution in [3.8, 4) is 5.75 Å². The second-order valence-corrected chi connectivity index (χ2v) is 8.73. The quantitative estimate of drug-likeness (QED) is 0.353. The van der Waals surface area contributed by atoms with Crippen LogP contribution in [0.5, 0.6) is 5.75 Å². The van der Waals surface area contributed by atoms with Gasteiger partial charge in [-0.15, -0.1) is 0 Å². The molecule has 0 radical (unpaired) electrons. The number of para-hydroxylation sites is 1. The Hall–Kier alpha value is -2.57. The first-order valence-corrected chi connectivity index (χ1v) is 10.4. The number of hydrogen-bond acceptors (Lipinski definition) is 6. The van der Waals surface area contributed by atoms with Crippen LogP contribution in [0.15, 0.2) is 18.2 Å². The van der Waals surface area contributed by atoms with Gasteiger partial charge in [0.15, 0.2) is 0 Å². The van der Waals surface area contributed by atoms with Gasteiger partial charge in [0.25, 0.3) is 0 Å². The fourth-order valence-corrected chi connectivity index (χ4v) is 2.68. The van der Waals surface area contributed by atoms with Crippen molar-refractivity contribution >= 4 is 18.0 Å². The molecule has 1 amide bonds. The summed E-state index contributed by atoms with van der Waals surface area (Å²) in [6, 6.07) is 5.92. The van der Waals surface area contributed by atoms with E-state index in [1.807, 2.05) is 18.2 Å². The van der Waals surface area contributed by atoms with Crippen LogP contribution >= 0.6 is 0 Å². The molecule has 0 bridgehead atoms. The highest BCUT2D eigenvalue weighted by Gasteiger charge is 2.19. The zero-order chi connectivity index (χ0) is 22.9. The van der Waals surface area contributed by atoms with E-state index in [9.17, 15) is 14.4 Å². The van der Waals surface area contributed by atoms with Crippen LogP contribution in [0.3, 0.4) is 0 Å². The van der Waals surface area contributed by atoms with Crippen molar-refractivity contribution in [2.75, 3.05) is 13.2 Å². The minimum atomic E-state index is -0.687. The molecule has 1 rings (SSSR count). The summed E-state index contributed by atoms with van der Waals surface area (Å²) in [7, 11) is 0. The van der Waals surface area contributed by atoms with Crippen LogP contribution in [0.25, 0.3) is 0 Å². The normalized spacial score (nSPS) is 11.4. The lowest BCUT2D eigenvalue weighted by molar-refractivity contribution is -0.144. The van der Waals surface area contributed by atoms with Crippen LogP contribution in [0, 0.1) is 0 Å². The number of hydrogen-bond donors (Lipinski definition) is 1. The number of benzene rings is 1. The smallest absolute Gasteiger partial charge is 0.408 e. The third-order valence-corrected chi connectivity index (χ3v) is 4.10. The third-order valence-electron chi connectivity index (χ3n) is 4.10. The minimum absolute atomic E-state index is 0.0623. The lowest BCUT2D eigenvalue weighted by Crippen LogP contribution is -2.36. The van der Waals surface area contributed by atoms with Gasteiger partial charge in [-0.05, 0) is 50.2 Å². The molecular weight excluding hydrogens is 386 g/mol. The van der Waals surface area contributed by atoms with Crippen molar-refractivity contribution in [1.29, 1.82) is 0 Å². The summed E-state index contributed by atoms with van der Waals surface area (Å²) >= 11 is 0. The molecule has 0 unspecified atom stereocenters. The number of amides is 1. The fraction of sp³-hybridized carbons (Fsp3) is 0.609. The standard InChI is InChI=1S/C23H35NO6/c1-15(2)17-10-8-11-18(16(3)4)21(17)29-19(25)12-9-13-28-20(26)14-24-22(27)30-23(5,6)7/h8,10-11,15-16H,9,12-14H2,1-7H3,(H,24,27). The van der Waals surface area contributed by atoms with Crippen molar-refractivity contribution in [1.82, 2.24) is 5.32 Å². The Kier molecular flexibility index (Phi) is 9.82. The van der Waals surface area contributed by atoms with E-state index in [1.54, 1.807) is 20.8 Å². The Morgan fingerprint density at radius 2 is 1.53 bits per heavy atom. The number of alkyl carbamates (subject to hydrolysis) is 1.